The third-order valence-corrected chi connectivity index (χ3v) is 2.14. The van der Waals surface area contributed by atoms with Gasteiger partial charge < -0.3 is 15.0 Å². The quantitative estimate of drug-likeness (QED) is 0.598. The second kappa shape index (κ2) is 6.88. The van der Waals surface area contributed by atoms with E-state index in [4.69, 9.17) is 0 Å². The third-order valence-electron chi connectivity index (χ3n) is 2.14. The van der Waals surface area contributed by atoms with Crippen molar-refractivity contribution in [3.8, 4) is 5.75 Å². The van der Waals surface area contributed by atoms with Gasteiger partial charge in [0.2, 0.25) is 0 Å². The first-order valence-corrected chi connectivity index (χ1v) is 4.69. The number of carbonyl (C=O) groups excluding carboxylic acids is 1. The first-order chi connectivity index (χ1) is 6.66. The van der Waals surface area contributed by atoms with Crippen LogP contribution in [0.2, 0.25) is 0 Å². The number of aryl methyl sites for hydroxylation is 1. The van der Waals surface area contributed by atoms with Crippen molar-refractivity contribution in [2.45, 2.75) is 26.2 Å². The van der Waals surface area contributed by atoms with Crippen LogP contribution in [0.25, 0.3) is 0 Å². The summed E-state index contributed by atoms with van der Waals surface area (Å²) < 4.78 is 0. The van der Waals surface area contributed by atoms with Crippen LogP contribution in [0.5, 0.6) is 5.75 Å². The van der Waals surface area contributed by atoms with Crippen LogP contribution in [-0.4, -0.2) is 11.1 Å². The van der Waals surface area contributed by atoms with E-state index in [-0.39, 0.29) is 40.9 Å². The molecule has 0 aliphatic heterocycles. The SMILES string of the molecule is CCCCc1cccc(C(=O)[O-])c1O.[Na+]. The summed E-state index contributed by atoms with van der Waals surface area (Å²) in [6.07, 6.45) is 2.64. The van der Waals surface area contributed by atoms with Crippen LogP contribution in [0, 0.1) is 0 Å². The summed E-state index contributed by atoms with van der Waals surface area (Å²) >= 11 is 0. The van der Waals surface area contributed by atoms with Crippen molar-refractivity contribution in [3.63, 3.8) is 0 Å². The summed E-state index contributed by atoms with van der Waals surface area (Å²) in [4.78, 5) is 10.6. The molecule has 0 aliphatic carbocycles. The fraction of sp³-hybridized carbons (Fsp3) is 0.364. The first-order valence-electron chi connectivity index (χ1n) is 4.69. The minimum absolute atomic E-state index is 0. The van der Waals surface area contributed by atoms with Gasteiger partial charge in [-0.1, -0.05) is 25.5 Å². The van der Waals surface area contributed by atoms with Crippen molar-refractivity contribution in [1.82, 2.24) is 0 Å². The van der Waals surface area contributed by atoms with Crippen molar-refractivity contribution >= 4 is 5.97 Å². The van der Waals surface area contributed by atoms with Gasteiger partial charge in [-0.3, -0.25) is 0 Å². The predicted molar refractivity (Wildman–Crippen MR) is 51.0 cm³/mol. The molecule has 1 rings (SSSR count). The van der Waals surface area contributed by atoms with E-state index in [2.05, 4.69) is 0 Å². The van der Waals surface area contributed by atoms with Gasteiger partial charge in [0.15, 0.2) is 0 Å². The van der Waals surface area contributed by atoms with Gasteiger partial charge in [0.05, 0.1) is 5.97 Å². The molecule has 0 saturated carbocycles. The summed E-state index contributed by atoms with van der Waals surface area (Å²) in [5.41, 5.74) is 0.548. The second-order valence-corrected chi connectivity index (χ2v) is 3.20. The van der Waals surface area contributed by atoms with E-state index < -0.39 is 5.97 Å². The van der Waals surface area contributed by atoms with Crippen molar-refractivity contribution in [2.24, 2.45) is 0 Å². The van der Waals surface area contributed by atoms with Gasteiger partial charge >= 0.3 is 29.6 Å². The first kappa shape index (κ1) is 14.5. The summed E-state index contributed by atoms with van der Waals surface area (Å²) in [7, 11) is 0. The van der Waals surface area contributed by atoms with Gasteiger partial charge in [0, 0.05) is 5.56 Å². The van der Waals surface area contributed by atoms with Crippen LogP contribution in [-0.2, 0) is 6.42 Å². The summed E-state index contributed by atoms with van der Waals surface area (Å²) in [5, 5.41) is 20.1. The smallest absolute Gasteiger partial charge is 0.545 e. The molecule has 3 nitrogen and oxygen atoms in total. The van der Waals surface area contributed by atoms with Crippen LogP contribution in [0.1, 0.15) is 35.7 Å². The molecule has 1 aromatic rings. The van der Waals surface area contributed by atoms with E-state index in [1.165, 1.54) is 6.07 Å². The Hall–Kier alpha value is -0.510. The van der Waals surface area contributed by atoms with Gasteiger partial charge in [-0.05, 0) is 24.5 Å². The summed E-state index contributed by atoms with van der Waals surface area (Å²) in [6.45, 7) is 2.04. The molecule has 0 aliphatic rings. The molecular weight excluding hydrogens is 203 g/mol. The van der Waals surface area contributed by atoms with Crippen LogP contribution < -0.4 is 34.7 Å². The van der Waals surface area contributed by atoms with E-state index in [9.17, 15) is 15.0 Å². The Morgan fingerprint density at radius 3 is 2.67 bits per heavy atom. The Morgan fingerprint density at radius 2 is 2.13 bits per heavy atom. The van der Waals surface area contributed by atoms with Crippen molar-refractivity contribution in [1.29, 1.82) is 0 Å². The Kier molecular flexibility index (Phi) is 6.65. The zero-order valence-electron chi connectivity index (χ0n) is 9.12. The summed E-state index contributed by atoms with van der Waals surface area (Å²) in [5.74, 6) is -1.48. The predicted octanol–water partition coefficient (Wildman–Crippen LogP) is -1.90. The van der Waals surface area contributed by atoms with E-state index in [0.29, 0.717) is 12.0 Å². The van der Waals surface area contributed by atoms with Crippen LogP contribution in [0.15, 0.2) is 18.2 Å². The van der Waals surface area contributed by atoms with Crippen LogP contribution in [0.4, 0.5) is 0 Å². The third kappa shape index (κ3) is 3.86. The number of benzene rings is 1. The van der Waals surface area contributed by atoms with Gasteiger partial charge in [0.25, 0.3) is 0 Å². The minimum Gasteiger partial charge on any atom is -0.545 e. The molecule has 15 heavy (non-hydrogen) atoms. The standard InChI is InChI=1S/C11H14O3.Na/c1-2-3-5-8-6-4-7-9(10(8)12)11(13)14;/h4,6-7,12H,2-3,5H2,1H3,(H,13,14);/q;+1/p-1. The molecular formula is C11H13NaO3. The number of carboxylic acids is 1. The monoisotopic (exact) mass is 216 g/mol. The maximum absolute atomic E-state index is 10.6. The Balaban J connectivity index is 0.00000196. The number of phenols is 1. The number of unbranched alkanes of at least 4 members (excludes halogenated alkanes) is 1. The van der Waals surface area contributed by atoms with Gasteiger partial charge in [-0.25, -0.2) is 0 Å². The molecule has 1 N–H and O–H groups in total. The molecule has 0 spiro atoms. The molecule has 0 unspecified atom stereocenters. The fourth-order valence-electron chi connectivity index (χ4n) is 1.33. The average molecular weight is 216 g/mol. The van der Waals surface area contributed by atoms with E-state index in [1.807, 2.05) is 6.92 Å². The molecule has 0 atom stereocenters. The number of carbonyl (C=O) groups is 1. The maximum Gasteiger partial charge on any atom is 1.00 e. The van der Waals surface area contributed by atoms with Crippen LogP contribution in [0.3, 0.4) is 0 Å². The molecule has 76 valence electrons. The topological polar surface area (TPSA) is 60.4 Å². The molecule has 0 heterocycles. The zero-order chi connectivity index (χ0) is 10.6. The maximum atomic E-state index is 10.6. The number of rotatable bonds is 4. The second-order valence-electron chi connectivity index (χ2n) is 3.20. The molecule has 1 aromatic carbocycles. The molecule has 0 aromatic heterocycles. The molecule has 0 saturated heterocycles. The normalized spacial score (nSPS) is 9.40. The van der Waals surface area contributed by atoms with E-state index >= 15 is 0 Å². The van der Waals surface area contributed by atoms with Crippen LogP contribution >= 0.6 is 0 Å². The number of hydrogen-bond acceptors (Lipinski definition) is 3. The average Bonchev–Trinajstić information content (AvgIpc) is 2.16. The number of aromatic carboxylic acids is 1. The Morgan fingerprint density at radius 1 is 1.47 bits per heavy atom. The van der Waals surface area contributed by atoms with E-state index in [0.717, 1.165) is 12.8 Å². The molecule has 0 amide bonds. The number of carboxylic acid groups (broad SMARTS) is 1. The summed E-state index contributed by atoms with van der Waals surface area (Å²) in [6, 6.07) is 4.70. The fourth-order valence-corrected chi connectivity index (χ4v) is 1.33. The molecule has 0 fully saturated rings. The van der Waals surface area contributed by atoms with Gasteiger partial charge in [0.1, 0.15) is 5.75 Å². The zero-order valence-corrected chi connectivity index (χ0v) is 11.1. The van der Waals surface area contributed by atoms with Crippen molar-refractivity contribution in [3.05, 3.63) is 29.3 Å². The van der Waals surface area contributed by atoms with E-state index in [1.54, 1.807) is 12.1 Å². The number of para-hydroxylation sites is 1. The van der Waals surface area contributed by atoms with Crippen molar-refractivity contribution in [2.75, 3.05) is 0 Å². The van der Waals surface area contributed by atoms with Gasteiger partial charge in [-0.2, -0.15) is 0 Å². The molecule has 4 heteroatoms. The van der Waals surface area contributed by atoms with Gasteiger partial charge in [-0.15, -0.1) is 0 Å². The largest absolute Gasteiger partial charge is 1.00 e. The minimum atomic E-state index is -1.33. The molecule has 0 bridgehead atoms. The molecule has 0 radical (unpaired) electrons. The number of hydrogen-bond donors (Lipinski definition) is 1. The number of aromatic hydroxyl groups is 1. The van der Waals surface area contributed by atoms with Crippen molar-refractivity contribution < 1.29 is 44.6 Å². The Labute approximate surface area is 111 Å². The Bertz CT molecular complexity index is 337.